The van der Waals surface area contributed by atoms with Crippen LogP contribution >= 0.6 is 24.4 Å². The van der Waals surface area contributed by atoms with E-state index in [-0.39, 0.29) is 73.4 Å². The summed E-state index contributed by atoms with van der Waals surface area (Å²) < 4.78 is 29.7. The molecule has 0 saturated heterocycles. The molecule has 7 heteroatoms. The van der Waals surface area contributed by atoms with Crippen LogP contribution < -0.4 is 0 Å². The molecule has 1 nitrogen and oxygen atoms in total. The van der Waals surface area contributed by atoms with Crippen LogP contribution in [0.1, 0.15) is 25.7 Å². The number of halogens is 2. The van der Waals surface area contributed by atoms with Crippen LogP contribution in [0.5, 0.6) is 0 Å². The molecule has 0 atom stereocenters. The molecule has 0 fully saturated rings. The molecule has 0 amide bonds. The van der Waals surface area contributed by atoms with E-state index < -0.39 is 11.6 Å². The maximum absolute atomic E-state index is 14.9. The second kappa shape index (κ2) is 22.8. The summed E-state index contributed by atoms with van der Waals surface area (Å²) >= 11 is 5.88. The number of benzene rings is 4. The summed E-state index contributed by atoms with van der Waals surface area (Å²) in [4.78, 5) is 10.0. The van der Waals surface area contributed by atoms with Crippen molar-refractivity contribution in [1.82, 2.24) is 0 Å². The van der Waals surface area contributed by atoms with E-state index in [1.807, 2.05) is 54.6 Å². The van der Waals surface area contributed by atoms with Crippen molar-refractivity contribution in [2.24, 2.45) is 0 Å². The molecule has 0 N–H and O–H groups in total. The van der Waals surface area contributed by atoms with Crippen molar-refractivity contribution in [3.8, 4) is 22.3 Å². The fourth-order valence-electron chi connectivity index (χ4n) is 3.54. The summed E-state index contributed by atoms with van der Waals surface area (Å²) in [6.07, 6.45) is 7.12. The zero-order valence-electron chi connectivity index (χ0n) is 22.4. The van der Waals surface area contributed by atoms with Crippen molar-refractivity contribution < 1.29 is 75.8 Å². The maximum Gasteiger partial charge on any atom is 2.00 e. The Morgan fingerprint density at radius 1 is 0.875 bits per heavy atom. The van der Waals surface area contributed by atoms with Crippen molar-refractivity contribution in [3.05, 3.63) is 117 Å². The Morgan fingerprint density at radius 3 is 1.95 bits per heavy atom. The summed E-state index contributed by atoms with van der Waals surface area (Å²) in [5.41, 5.74) is 1.84. The van der Waals surface area contributed by atoms with E-state index in [1.54, 1.807) is 30.0 Å². The number of fused-ring (bicyclic) bond motifs is 1. The van der Waals surface area contributed by atoms with Crippen LogP contribution in [0.25, 0.3) is 33.0 Å². The van der Waals surface area contributed by atoms with Crippen molar-refractivity contribution in [3.63, 3.8) is 0 Å². The molecule has 0 bridgehead atoms. The molecule has 0 spiro atoms. The van der Waals surface area contributed by atoms with Gasteiger partial charge in [-0.15, -0.1) is 28.6 Å². The van der Waals surface area contributed by atoms with E-state index in [2.05, 4.69) is 39.1 Å². The summed E-state index contributed by atoms with van der Waals surface area (Å²) in [6, 6.07) is 25.0. The molecular weight excluding hydrogens is 991 g/mol. The first-order valence-corrected chi connectivity index (χ1v) is 13.9. The van der Waals surface area contributed by atoms with Gasteiger partial charge in [0.05, 0.1) is 0 Å². The molecule has 4 rings (SSSR count). The van der Waals surface area contributed by atoms with Gasteiger partial charge in [0.15, 0.2) is 11.6 Å². The normalized spacial score (nSPS) is 9.62. The zero-order chi connectivity index (χ0) is 27.8. The predicted octanol–water partition coefficient (Wildman–Crippen LogP) is 9.77. The molecule has 204 valence electrons. The number of thioether (sulfide) groups is 1. The number of thiol groups is 1. The molecule has 0 heterocycles. The zero-order valence-corrected chi connectivity index (χ0v) is 32.4. The van der Waals surface area contributed by atoms with Gasteiger partial charge in [-0.05, 0) is 35.3 Å². The van der Waals surface area contributed by atoms with E-state index in [0.717, 1.165) is 46.1 Å². The van der Waals surface area contributed by atoms with Gasteiger partial charge < -0.3 is 18.6 Å². The van der Waals surface area contributed by atoms with Crippen LogP contribution in [-0.2, 0) is 4.79 Å². The molecule has 4 aromatic carbocycles. The van der Waals surface area contributed by atoms with Gasteiger partial charge in [0, 0.05) is 21.8 Å². The van der Waals surface area contributed by atoms with E-state index in [1.165, 1.54) is 19.1 Å². The molecule has 0 unspecified atom stereocenters. The third kappa shape index (κ3) is 12.6. The minimum Gasteiger partial charge on any atom is -0.419 e. The predicted molar refractivity (Wildman–Crippen MR) is 163 cm³/mol. The number of carbonyl (C=O) groups excluding carboxylic acids is 1. The van der Waals surface area contributed by atoms with Gasteiger partial charge in [0.25, 0.3) is 0 Å². The van der Waals surface area contributed by atoms with Gasteiger partial charge in [0.1, 0.15) is 0 Å². The number of hydrogen-bond donors (Lipinski definition) is 1. The second-order valence-electron chi connectivity index (χ2n) is 8.11. The summed E-state index contributed by atoms with van der Waals surface area (Å²) in [5.74, 6) is 0.0487. The largest absolute Gasteiger partial charge is 2.00 e. The minimum absolute atomic E-state index is 0. The SMILES string of the molecule is C=C[C-]=O.Fc1c(-c2ccc(SCCS)cc2)ccc(-c2ccc3c[c-]ccc3c2)c1F.[CH2-]CCCC[CH2-].[U+2].[U+2]. The quantitative estimate of drug-likeness (QED) is 0.0592. The monoisotopic (exact) mass is 1020 g/mol. The Labute approximate surface area is 295 Å². The smallest absolute Gasteiger partial charge is 0.419 e. The van der Waals surface area contributed by atoms with Crippen LogP contribution in [0, 0.1) is 93.8 Å². The summed E-state index contributed by atoms with van der Waals surface area (Å²) in [7, 11) is 0. The van der Waals surface area contributed by atoms with Crippen molar-refractivity contribution >= 4 is 41.4 Å². The molecule has 0 aliphatic heterocycles. The fraction of sp³-hybridized carbons (Fsp3) is 0.182. The number of unbranched alkanes of at least 4 members (excludes halogenated alkanes) is 3. The Bertz CT molecular complexity index is 1290. The molecular formula is C33H32F2OS2U2. The molecule has 0 aromatic heterocycles. The van der Waals surface area contributed by atoms with Crippen LogP contribution in [0.2, 0.25) is 0 Å². The van der Waals surface area contributed by atoms with Crippen molar-refractivity contribution in [1.29, 1.82) is 0 Å². The van der Waals surface area contributed by atoms with Gasteiger partial charge in [-0.25, -0.2) is 21.4 Å². The first-order chi connectivity index (χ1) is 18.5. The minimum atomic E-state index is -0.826. The summed E-state index contributed by atoms with van der Waals surface area (Å²) in [6.45, 7) is 10.4. The average molecular weight is 1020 g/mol. The van der Waals surface area contributed by atoms with Gasteiger partial charge in [0.2, 0.25) is 0 Å². The van der Waals surface area contributed by atoms with Crippen LogP contribution in [-0.4, -0.2) is 17.8 Å². The third-order valence-corrected chi connectivity index (χ3v) is 6.98. The van der Waals surface area contributed by atoms with E-state index >= 15 is 0 Å². The van der Waals surface area contributed by atoms with E-state index in [0.29, 0.717) is 11.1 Å². The standard InChI is InChI=1S/C24H17F2S2.C6H12.C3H3O.2U/c25-23-21(17-7-9-20(10-8-17)28-14-13-27)11-12-22(24(23)26)19-6-5-16-3-1-2-4-18(16)15-19;1-3-5-6-4-2;1-2-3-4;;/h2-12,15,27H,13-14H2;1-6H2;2H,1H2;;/q-1;-2;-1;2*+2. The molecule has 4 aromatic rings. The van der Waals surface area contributed by atoms with Gasteiger partial charge in [-0.3, -0.25) is 0 Å². The molecule has 0 saturated carbocycles. The Hall–Kier alpha value is -0.786. The van der Waals surface area contributed by atoms with Gasteiger partial charge >= 0.3 is 62.2 Å². The average Bonchev–Trinajstić information content (AvgIpc) is 2.97. The Kier molecular flexibility index (Phi) is 22.3. The van der Waals surface area contributed by atoms with Crippen LogP contribution in [0.15, 0.2) is 90.3 Å². The van der Waals surface area contributed by atoms with Gasteiger partial charge in [-0.2, -0.15) is 49.7 Å². The Balaban J connectivity index is 0.00000110. The molecule has 0 radical (unpaired) electrons. The number of allylic oxidation sites excluding steroid dienone is 1. The number of rotatable bonds is 9. The van der Waals surface area contributed by atoms with Crippen LogP contribution in [0.3, 0.4) is 0 Å². The third-order valence-electron chi connectivity index (χ3n) is 5.44. The van der Waals surface area contributed by atoms with Crippen molar-refractivity contribution in [2.75, 3.05) is 11.5 Å². The van der Waals surface area contributed by atoms with Crippen molar-refractivity contribution in [2.45, 2.75) is 30.6 Å². The van der Waals surface area contributed by atoms with E-state index in [4.69, 9.17) is 4.79 Å². The first-order valence-electron chi connectivity index (χ1n) is 12.3. The summed E-state index contributed by atoms with van der Waals surface area (Å²) in [5, 5.41) is 1.98. The first kappa shape index (κ1) is 39.2. The molecule has 40 heavy (non-hydrogen) atoms. The Morgan fingerprint density at radius 2 is 1.43 bits per heavy atom. The van der Waals surface area contributed by atoms with Gasteiger partial charge in [-0.1, -0.05) is 49.2 Å². The topological polar surface area (TPSA) is 17.1 Å². The fourth-order valence-corrected chi connectivity index (χ4v) is 4.47. The molecule has 0 aliphatic rings. The van der Waals surface area contributed by atoms with Crippen LogP contribution in [0.4, 0.5) is 8.78 Å². The van der Waals surface area contributed by atoms with E-state index in [9.17, 15) is 8.78 Å². The second-order valence-corrected chi connectivity index (χ2v) is 9.72. The maximum atomic E-state index is 14.9. The number of hydrogen-bond acceptors (Lipinski definition) is 3. The molecule has 0 aliphatic carbocycles.